The first-order chi connectivity index (χ1) is 26.8. The van der Waals surface area contributed by atoms with Crippen LogP contribution in [-0.2, 0) is 28.6 Å². The molecule has 0 N–H and O–H groups in total. The molecule has 0 aliphatic carbocycles. The first-order valence-corrected chi connectivity index (χ1v) is 16.1. The molecule has 0 atom stereocenters. The minimum atomic E-state index is -3.35. The summed E-state index contributed by atoms with van der Waals surface area (Å²) in [7, 11) is -0.328. The Morgan fingerprint density at radius 1 is 0.448 bits per heavy atom. The van der Waals surface area contributed by atoms with Gasteiger partial charge in [0.1, 0.15) is 19.8 Å². The maximum absolute atomic E-state index is 15.3. The summed E-state index contributed by atoms with van der Waals surface area (Å²) < 4.78 is 179. The molecule has 25 heteroatoms. The van der Waals surface area contributed by atoms with Gasteiger partial charge >= 0.3 is 25.2 Å². The molecule has 0 amide bonds. The van der Waals surface area contributed by atoms with Crippen LogP contribution in [0.25, 0.3) is 0 Å². The summed E-state index contributed by atoms with van der Waals surface area (Å²) in [5.74, 6) is -32.9. The van der Waals surface area contributed by atoms with E-state index in [1.165, 1.54) is 41.5 Å². The van der Waals surface area contributed by atoms with Crippen LogP contribution in [0.1, 0.15) is 41.5 Å². The van der Waals surface area contributed by atoms with Crippen molar-refractivity contribution in [1.29, 1.82) is 0 Å². The van der Waals surface area contributed by atoms with E-state index >= 15 is 39.5 Å². The molecule has 3 aromatic heterocycles. The van der Waals surface area contributed by atoms with Crippen LogP contribution in [0.5, 0.6) is 34.9 Å². The molecule has 0 saturated carbocycles. The summed E-state index contributed by atoms with van der Waals surface area (Å²) in [5, 5.41) is 0. The highest BCUT2D eigenvalue weighted by atomic mass is 19.2. The molecule has 58 heavy (non-hydrogen) atoms. The molecule has 0 aliphatic heterocycles. The fourth-order valence-electron chi connectivity index (χ4n) is 4.12. The van der Waals surface area contributed by atoms with Gasteiger partial charge in [-0.25, -0.2) is 0 Å². The Kier molecular flexibility index (Phi) is 14.5. The number of halogens is 9. The van der Waals surface area contributed by atoms with Crippen molar-refractivity contribution in [2.24, 2.45) is 16.2 Å². The quantitative estimate of drug-likeness (QED) is 0.0525. The van der Waals surface area contributed by atoms with E-state index in [9.17, 15) is 14.4 Å². The maximum Gasteiger partial charge on any atom is 0.864 e. The SMILES string of the molecule is COC(=O)C(C)(C)COc1nc(F)c(OB(Oc2c(F)nc(OCC(C)(C)C(=O)OC)c(F)c2F)Oc2c(F)nc(OCC(C)(C)C(=O)OC)c(F)c2F)c(F)c1F. The minimum Gasteiger partial charge on any atom is -0.483 e. The molecule has 3 aromatic rings. The van der Waals surface area contributed by atoms with Crippen LogP contribution in [0.3, 0.4) is 0 Å². The molecule has 3 rings (SSSR count). The van der Waals surface area contributed by atoms with Gasteiger partial charge in [-0.3, -0.25) is 14.4 Å². The van der Waals surface area contributed by atoms with Crippen LogP contribution in [-0.4, -0.2) is 81.3 Å². The van der Waals surface area contributed by atoms with Gasteiger partial charge in [-0.05, 0) is 41.5 Å². The zero-order valence-electron chi connectivity index (χ0n) is 31.8. The Hall–Kier alpha value is -5.91. The third-order valence-electron chi connectivity index (χ3n) is 7.47. The van der Waals surface area contributed by atoms with E-state index in [-0.39, 0.29) is 0 Å². The van der Waals surface area contributed by atoms with Crippen molar-refractivity contribution in [3.05, 3.63) is 52.7 Å². The Labute approximate surface area is 323 Å². The molecule has 0 saturated heterocycles. The topological polar surface area (TPSA) is 173 Å². The lowest BCUT2D eigenvalue weighted by Gasteiger charge is -2.22. The summed E-state index contributed by atoms with van der Waals surface area (Å²) in [4.78, 5) is 44.7. The normalized spacial score (nSPS) is 11.7. The van der Waals surface area contributed by atoms with Gasteiger partial charge in [-0.15, -0.1) is 0 Å². The average molecular weight is 845 g/mol. The predicted molar refractivity (Wildman–Crippen MR) is 174 cm³/mol. The number of carbonyl (C=O) groups is 3. The molecular weight excluding hydrogens is 812 g/mol. The lowest BCUT2D eigenvalue weighted by Crippen LogP contribution is -2.39. The van der Waals surface area contributed by atoms with Crippen LogP contribution < -0.4 is 28.2 Å². The van der Waals surface area contributed by atoms with E-state index in [1.54, 1.807) is 0 Å². The van der Waals surface area contributed by atoms with Crippen LogP contribution >= 0.6 is 0 Å². The average Bonchev–Trinajstić information content (AvgIpc) is 3.17. The number of nitrogens with zero attached hydrogens (tertiary/aromatic N) is 3. The Morgan fingerprint density at radius 3 is 0.879 bits per heavy atom. The molecule has 0 radical (unpaired) electrons. The molecule has 0 spiro atoms. The zero-order chi connectivity index (χ0) is 44.1. The summed E-state index contributed by atoms with van der Waals surface area (Å²) in [6.45, 7) is 5.16. The van der Waals surface area contributed by atoms with Crippen molar-refractivity contribution in [3.8, 4) is 34.9 Å². The molecule has 0 unspecified atom stereocenters. The zero-order valence-corrected chi connectivity index (χ0v) is 31.8. The van der Waals surface area contributed by atoms with Gasteiger partial charge < -0.3 is 42.4 Å². The van der Waals surface area contributed by atoms with Gasteiger partial charge in [0.2, 0.25) is 52.2 Å². The number of hydrogen-bond donors (Lipinski definition) is 0. The number of rotatable bonds is 18. The summed E-state index contributed by atoms with van der Waals surface area (Å²) in [6, 6.07) is 0. The van der Waals surface area contributed by atoms with Gasteiger partial charge in [0.25, 0.3) is 35.5 Å². The predicted octanol–water partition coefficient (Wildman–Crippen LogP) is 5.38. The standard InChI is InChI=1S/C33H33BF9N3O12/c1-31(2,28(47)50-7)10-53-25-16(38)13(35)19(22(41)44-25)56-34(57-20-14(36)17(39)26(45-23(20)42)54-11-32(3,4)29(48)51-8)58-21-15(37)18(40)27(46-24(21)43)55-12-33(5,6)30(49)52-9/h10-12H2,1-9H3. The second-order valence-corrected chi connectivity index (χ2v) is 13.6. The third kappa shape index (κ3) is 10.3. The Balaban J connectivity index is 2.10. The van der Waals surface area contributed by atoms with Gasteiger partial charge in [-0.2, -0.15) is 54.5 Å². The molecule has 0 bridgehead atoms. The van der Waals surface area contributed by atoms with Crippen molar-refractivity contribution in [3.63, 3.8) is 0 Å². The van der Waals surface area contributed by atoms with Gasteiger partial charge in [-0.1, -0.05) is 0 Å². The van der Waals surface area contributed by atoms with Crippen molar-refractivity contribution in [2.45, 2.75) is 41.5 Å². The summed E-state index contributed by atoms with van der Waals surface area (Å²) >= 11 is 0. The van der Waals surface area contributed by atoms with Crippen LogP contribution in [0, 0.1) is 69.0 Å². The van der Waals surface area contributed by atoms with E-state index in [0.29, 0.717) is 0 Å². The number of carbonyl (C=O) groups excluding carboxylic acids is 3. The monoisotopic (exact) mass is 845 g/mol. The number of aromatic nitrogens is 3. The Morgan fingerprint density at radius 2 is 0.672 bits per heavy atom. The van der Waals surface area contributed by atoms with E-state index in [4.69, 9.17) is 14.2 Å². The number of ether oxygens (including phenoxy) is 6. The minimum absolute atomic E-state index is 0.772. The second kappa shape index (κ2) is 18.1. The molecular formula is C33H33BF9N3O12. The number of hydrogen-bond acceptors (Lipinski definition) is 15. The molecule has 0 fully saturated rings. The molecule has 15 nitrogen and oxygen atoms in total. The highest BCUT2D eigenvalue weighted by Gasteiger charge is 2.42. The van der Waals surface area contributed by atoms with E-state index in [1.807, 2.05) is 0 Å². The first-order valence-electron chi connectivity index (χ1n) is 16.1. The van der Waals surface area contributed by atoms with Gasteiger partial charge in [0.15, 0.2) is 0 Å². The molecule has 0 aromatic carbocycles. The highest BCUT2D eigenvalue weighted by Crippen LogP contribution is 2.35. The third-order valence-corrected chi connectivity index (χ3v) is 7.47. The fourth-order valence-corrected chi connectivity index (χ4v) is 4.12. The van der Waals surface area contributed by atoms with E-state index in [0.717, 1.165) is 21.3 Å². The van der Waals surface area contributed by atoms with Gasteiger partial charge in [0, 0.05) is 0 Å². The van der Waals surface area contributed by atoms with Crippen LogP contribution in [0.2, 0.25) is 0 Å². The lowest BCUT2D eigenvalue weighted by atomic mass is 9.95. The number of methoxy groups -OCH3 is 3. The van der Waals surface area contributed by atoms with Crippen molar-refractivity contribution in [1.82, 2.24) is 15.0 Å². The van der Waals surface area contributed by atoms with Crippen molar-refractivity contribution >= 4 is 25.2 Å². The van der Waals surface area contributed by atoms with E-state index < -0.39 is 149 Å². The van der Waals surface area contributed by atoms with Gasteiger partial charge in [0.05, 0.1) is 37.6 Å². The molecule has 3 heterocycles. The van der Waals surface area contributed by atoms with Crippen LogP contribution in [0.15, 0.2) is 0 Å². The number of esters is 3. The van der Waals surface area contributed by atoms with E-state index in [2.05, 4.69) is 43.1 Å². The molecule has 318 valence electrons. The lowest BCUT2D eigenvalue weighted by molar-refractivity contribution is -0.153. The highest BCUT2D eigenvalue weighted by molar-refractivity contribution is 6.39. The molecule has 0 aliphatic rings. The largest absolute Gasteiger partial charge is 0.864 e. The van der Waals surface area contributed by atoms with Crippen molar-refractivity contribution < 1.29 is 96.3 Å². The maximum atomic E-state index is 15.3. The number of pyridine rings is 3. The smallest absolute Gasteiger partial charge is 0.483 e. The van der Waals surface area contributed by atoms with Crippen LogP contribution in [0.4, 0.5) is 39.5 Å². The second-order valence-electron chi connectivity index (χ2n) is 13.6. The van der Waals surface area contributed by atoms with Crippen molar-refractivity contribution in [2.75, 3.05) is 41.2 Å². The Bertz CT molecular complexity index is 1830. The fraction of sp³-hybridized carbons (Fsp3) is 0.455. The summed E-state index contributed by atoms with van der Waals surface area (Å²) in [5.41, 5.74) is -4.57. The summed E-state index contributed by atoms with van der Waals surface area (Å²) in [6.07, 6.45) is 0. The first kappa shape index (κ1) is 46.5.